The maximum atomic E-state index is 11.8. The average molecular weight is 412 g/mol. The number of alkyl halides is 1. The molecule has 5 heteroatoms. The third-order valence-electron chi connectivity index (χ3n) is 2.42. The molecule has 0 aliphatic rings. The van der Waals surface area contributed by atoms with Crippen molar-refractivity contribution in [3.05, 3.63) is 27.3 Å². The number of carbonyl (C=O) groups excluding carboxylic acids is 1. The van der Waals surface area contributed by atoms with Crippen LogP contribution in [-0.4, -0.2) is 22.9 Å². The number of carbonyl (C=O) groups is 1. The van der Waals surface area contributed by atoms with Gasteiger partial charge in [0.25, 0.3) is 5.91 Å². The SMILES string of the molecule is CC(CCBr)CNC(=O)c1ccc(I)c(O)c1. The molecular weight excluding hydrogens is 397 g/mol. The van der Waals surface area contributed by atoms with Crippen LogP contribution < -0.4 is 5.32 Å². The van der Waals surface area contributed by atoms with Gasteiger partial charge in [-0.05, 0) is 53.1 Å². The van der Waals surface area contributed by atoms with E-state index in [1.165, 1.54) is 6.07 Å². The molecule has 0 saturated heterocycles. The molecule has 1 aromatic rings. The Kier molecular flexibility index (Phi) is 6.26. The van der Waals surface area contributed by atoms with Crippen molar-refractivity contribution in [3.8, 4) is 5.75 Å². The van der Waals surface area contributed by atoms with Crippen LogP contribution in [0.25, 0.3) is 0 Å². The number of aromatic hydroxyl groups is 1. The molecule has 0 saturated carbocycles. The number of benzene rings is 1. The molecule has 0 heterocycles. The predicted molar refractivity (Wildman–Crippen MR) is 80.7 cm³/mol. The number of nitrogens with one attached hydrogen (secondary N) is 1. The van der Waals surface area contributed by atoms with Crippen LogP contribution in [-0.2, 0) is 0 Å². The standard InChI is InChI=1S/C12H15BrINO2/c1-8(4-5-13)7-15-12(17)9-2-3-10(14)11(16)6-9/h2-3,6,8,16H,4-5,7H2,1H3,(H,15,17). The number of hydrogen-bond donors (Lipinski definition) is 2. The minimum atomic E-state index is -0.141. The van der Waals surface area contributed by atoms with Crippen molar-refractivity contribution in [3.63, 3.8) is 0 Å². The van der Waals surface area contributed by atoms with E-state index < -0.39 is 0 Å². The van der Waals surface area contributed by atoms with Crippen molar-refractivity contribution < 1.29 is 9.90 Å². The second-order valence-corrected chi connectivity index (χ2v) is 5.91. The number of rotatable bonds is 5. The maximum absolute atomic E-state index is 11.8. The molecule has 0 bridgehead atoms. The molecule has 0 aromatic heterocycles. The number of halogens is 2. The lowest BCUT2D eigenvalue weighted by Crippen LogP contribution is -2.28. The Balaban J connectivity index is 2.55. The van der Waals surface area contributed by atoms with E-state index in [2.05, 4.69) is 28.2 Å². The molecule has 0 spiro atoms. The van der Waals surface area contributed by atoms with E-state index in [4.69, 9.17) is 0 Å². The molecule has 1 rings (SSSR count). The van der Waals surface area contributed by atoms with E-state index in [-0.39, 0.29) is 11.7 Å². The van der Waals surface area contributed by atoms with Gasteiger partial charge in [0.15, 0.2) is 0 Å². The highest BCUT2D eigenvalue weighted by atomic mass is 127. The van der Waals surface area contributed by atoms with Crippen LogP contribution in [0.3, 0.4) is 0 Å². The molecule has 94 valence electrons. The first-order valence-electron chi connectivity index (χ1n) is 5.37. The Labute approximate surface area is 123 Å². The lowest BCUT2D eigenvalue weighted by Gasteiger charge is -2.11. The van der Waals surface area contributed by atoms with Gasteiger partial charge in [0.1, 0.15) is 5.75 Å². The van der Waals surface area contributed by atoms with Gasteiger partial charge in [0, 0.05) is 17.4 Å². The molecule has 1 aromatic carbocycles. The fourth-order valence-electron chi connectivity index (χ4n) is 1.31. The minimum absolute atomic E-state index is 0.141. The molecule has 2 N–H and O–H groups in total. The number of phenolic OH excluding ortho intramolecular Hbond substituents is 1. The zero-order valence-corrected chi connectivity index (χ0v) is 13.3. The lowest BCUT2D eigenvalue weighted by atomic mass is 10.1. The number of amides is 1. The summed E-state index contributed by atoms with van der Waals surface area (Å²) in [6.07, 6.45) is 1.03. The quantitative estimate of drug-likeness (QED) is 0.577. The first kappa shape index (κ1) is 14.8. The maximum Gasteiger partial charge on any atom is 0.251 e. The molecule has 1 atom stereocenters. The van der Waals surface area contributed by atoms with Gasteiger partial charge in [-0.15, -0.1) is 0 Å². The van der Waals surface area contributed by atoms with Crippen LogP contribution in [0.5, 0.6) is 5.75 Å². The van der Waals surface area contributed by atoms with Crippen LogP contribution >= 0.6 is 38.5 Å². The van der Waals surface area contributed by atoms with Crippen molar-refractivity contribution in [2.24, 2.45) is 5.92 Å². The van der Waals surface area contributed by atoms with Crippen molar-refractivity contribution in [1.82, 2.24) is 5.32 Å². The fraction of sp³-hybridized carbons (Fsp3) is 0.417. The summed E-state index contributed by atoms with van der Waals surface area (Å²) < 4.78 is 0.742. The van der Waals surface area contributed by atoms with Gasteiger partial charge in [0.2, 0.25) is 0 Å². The largest absolute Gasteiger partial charge is 0.507 e. The summed E-state index contributed by atoms with van der Waals surface area (Å²) in [6, 6.07) is 4.94. The van der Waals surface area contributed by atoms with Crippen molar-refractivity contribution in [1.29, 1.82) is 0 Å². The fourth-order valence-corrected chi connectivity index (χ4v) is 2.43. The van der Waals surface area contributed by atoms with Crippen molar-refractivity contribution in [2.45, 2.75) is 13.3 Å². The van der Waals surface area contributed by atoms with Crippen molar-refractivity contribution >= 4 is 44.4 Å². The molecule has 3 nitrogen and oxygen atoms in total. The topological polar surface area (TPSA) is 49.3 Å². The molecule has 17 heavy (non-hydrogen) atoms. The van der Waals surface area contributed by atoms with E-state index in [1.54, 1.807) is 12.1 Å². The van der Waals surface area contributed by atoms with Gasteiger partial charge in [-0.1, -0.05) is 22.9 Å². The van der Waals surface area contributed by atoms with Gasteiger partial charge in [0.05, 0.1) is 3.57 Å². The molecule has 0 aliphatic heterocycles. The molecule has 0 aliphatic carbocycles. The van der Waals surface area contributed by atoms with Gasteiger partial charge >= 0.3 is 0 Å². The smallest absolute Gasteiger partial charge is 0.251 e. The third kappa shape index (κ3) is 4.83. The number of phenols is 1. The van der Waals surface area contributed by atoms with Crippen LogP contribution in [0, 0.1) is 9.49 Å². The van der Waals surface area contributed by atoms with E-state index in [0.29, 0.717) is 18.0 Å². The summed E-state index contributed by atoms with van der Waals surface area (Å²) in [5.41, 5.74) is 0.494. The van der Waals surface area contributed by atoms with Gasteiger partial charge in [-0.2, -0.15) is 0 Å². The second-order valence-electron chi connectivity index (χ2n) is 3.96. The van der Waals surface area contributed by atoms with E-state index >= 15 is 0 Å². The summed E-state index contributed by atoms with van der Waals surface area (Å²) in [6.45, 7) is 2.74. The zero-order valence-electron chi connectivity index (χ0n) is 9.54. The van der Waals surface area contributed by atoms with Crippen LogP contribution in [0.1, 0.15) is 23.7 Å². The Bertz CT molecular complexity index is 398. The molecular formula is C12H15BrINO2. The van der Waals surface area contributed by atoms with Gasteiger partial charge in [-0.3, -0.25) is 4.79 Å². The summed E-state index contributed by atoms with van der Waals surface area (Å²) in [5, 5.41) is 13.3. The molecule has 0 radical (unpaired) electrons. The summed E-state index contributed by atoms with van der Waals surface area (Å²) in [7, 11) is 0. The Morgan fingerprint density at radius 3 is 2.88 bits per heavy atom. The highest BCUT2D eigenvalue weighted by molar-refractivity contribution is 14.1. The van der Waals surface area contributed by atoms with Crippen LogP contribution in [0.15, 0.2) is 18.2 Å². The summed E-state index contributed by atoms with van der Waals surface area (Å²) in [5.74, 6) is 0.445. The zero-order chi connectivity index (χ0) is 12.8. The number of hydrogen-bond acceptors (Lipinski definition) is 2. The van der Waals surface area contributed by atoms with E-state index in [0.717, 1.165) is 15.3 Å². The first-order valence-corrected chi connectivity index (χ1v) is 7.57. The lowest BCUT2D eigenvalue weighted by molar-refractivity contribution is 0.0947. The van der Waals surface area contributed by atoms with Gasteiger partial charge < -0.3 is 10.4 Å². The normalized spacial score (nSPS) is 12.2. The predicted octanol–water partition coefficient (Wildman–Crippen LogP) is 3.15. The molecule has 1 unspecified atom stereocenters. The highest BCUT2D eigenvalue weighted by Gasteiger charge is 2.09. The highest BCUT2D eigenvalue weighted by Crippen LogP contribution is 2.20. The Morgan fingerprint density at radius 1 is 1.59 bits per heavy atom. The van der Waals surface area contributed by atoms with Gasteiger partial charge in [-0.25, -0.2) is 0 Å². The van der Waals surface area contributed by atoms with Crippen LogP contribution in [0.4, 0.5) is 0 Å². The first-order chi connectivity index (χ1) is 8.04. The van der Waals surface area contributed by atoms with E-state index in [9.17, 15) is 9.90 Å². The molecule has 0 fully saturated rings. The minimum Gasteiger partial charge on any atom is -0.507 e. The third-order valence-corrected chi connectivity index (χ3v) is 3.79. The Hall–Kier alpha value is -0.300. The van der Waals surface area contributed by atoms with E-state index in [1.807, 2.05) is 22.6 Å². The molecule has 1 amide bonds. The Morgan fingerprint density at radius 2 is 2.29 bits per heavy atom. The summed E-state index contributed by atoms with van der Waals surface area (Å²) in [4.78, 5) is 11.8. The van der Waals surface area contributed by atoms with Crippen LogP contribution in [0.2, 0.25) is 0 Å². The average Bonchev–Trinajstić information content (AvgIpc) is 2.30. The second kappa shape index (κ2) is 7.20. The monoisotopic (exact) mass is 411 g/mol. The summed E-state index contributed by atoms with van der Waals surface area (Å²) >= 11 is 5.39. The van der Waals surface area contributed by atoms with Crippen molar-refractivity contribution in [2.75, 3.05) is 11.9 Å².